The second kappa shape index (κ2) is 5.61. The Balaban J connectivity index is 1.84. The van der Waals surface area contributed by atoms with Crippen LogP contribution in [0.1, 0.15) is 6.23 Å². The lowest BCUT2D eigenvalue weighted by Gasteiger charge is -2.25. The predicted octanol–water partition coefficient (Wildman–Crippen LogP) is -1.61. The van der Waals surface area contributed by atoms with E-state index >= 15 is 0 Å². The summed E-state index contributed by atoms with van der Waals surface area (Å²) in [5.74, 6) is 0.194. The number of carbonyl (C=O) groups excluding carboxylic acids is 1. The number of amides is 1. The van der Waals surface area contributed by atoms with E-state index in [4.69, 9.17) is 15.2 Å². The smallest absolute Gasteiger partial charge is 0.406 e. The highest BCUT2D eigenvalue weighted by molar-refractivity contribution is 5.81. The van der Waals surface area contributed by atoms with Crippen molar-refractivity contribution in [3.63, 3.8) is 0 Å². The lowest BCUT2D eigenvalue weighted by Crippen LogP contribution is -2.47. The molecule has 0 aliphatic carbocycles. The van der Waals surface area contributed by atoms with Gasteiger partial charge < -0.3 is 30.7 Å². The average Bonchev–Trinajstić information content (AvgIpc) is 3.09. The van der Waals surface area contributed by atoms with Gasteiger partial charge in [0.15, 0.2) is 23.3 Å². The lowest BCUT2D eigenvalue weighted by atomic mass is 10.0. The van der Waals surface area contributed by atoms with Gasteiger partial charge in [0, 0.05) is 7.05 Å². The Kier molecular flexibility index (Phi) is 3.75. The van der Waals surface area contributed by atoms with E-state index in [0.717, 1.165) is 0 Å². The van der Waals surface area contributed by atoms with Gasteiger partial charge in [-0.05, 0) is 0 Å². The van der Waals surface area contributed by atoms with Gasteiger partial charge in [-0.25, -0.2) is 19.7 Å². The molecule has 0 bridgehead atoms. The number of imidazole rings is 1. The number of rotatable bonds is 3. The number of ether oxygens (including phenoxy) is 2. The van der Waals surface area contributed by atoms with Crippen LogP contribution in [0.3, 0.4) is 0 Å². The number of nitrogens with two attached hydrogens (primary N) is 1. The van der Waals surface area contributed by atoms with Crippen LogP contribution >= 0.6 is 0 Å². The molecule has 124 valence electrons. The van der Waals surface area contributed by atoms with Crippen LogP contribution in [0, 0.1) is 0 Å². The number of nitrogens with zero attached hydrogens (tertiary/aromatic N) is 4. The molecule has 1 fully saturated rings. The van der Waals surface area contributed by atoms with Crippen molar-refractivity contribution < 1.29 is 24.5 Å². The monoisotopic (exact) mass is 324 g/mol. The summed E-state index contributed by atoms with van der Waals surface area (Å²) < 4.78 is 11.7. The molecule has 1 aliphatic heterocycles. The maximum Gasteiger partial charge on any atom is 0.406 e. The van der Waals surface area contributed by atoms with E-state index in [1.54, 1.807) is 0 Å². The summed E-state index contributed by atoms with van der Waals surface area (Å²) in [4.78, 5) is 23.1. The minimum Gasteiger partial charge on any atom is -0.446 e. The van der Waals surface area contributed by atoms with Crippen LogP contribution in [0.5, 0.6) is 0 Å². The molecule has 1 amide bonds. The molecule has 11 nitrogen and oxygen atoms in total. The van der Waals surface area contributed by atoms with E-state index in [1.807, 2.05) is 0 Å². The zero-order valence-corrected chi connectivity index (χ0v) is 12.2. The molecule has 23 heavy (non-hydrogen) atoms. The minimum absolute atomic E-state index is 0.194. The van der Waals surface area contributed by atoms with E-state index in [1.165, 1.54) is 24.3 Å². The summed E-state index contributed by atoms with van der Waals surface area (Å²) in [6, 6.07) is 0. The van der Waals surface area contributed by atoms with Crippen molar-refractivity contribution in [3.05, 3.63) is 12.7 Å². The molecule has 3 rings (SSSR count). The van der Waals surface area contributed by atoms with Crippen LogP contribution < -0.4 is 11.1 Å². The highest BCUT2D eigenvalue weighted by atomic mass is 16.6. The topological polar surface area (TPSA) is 158 Å². The van der Waals surface area contributed by atoms with Gasteiger partial charge in [-0.1, -0.05) is 0 Å². The van der Waals surface area contributed by atoms with Crippen LogP contribution in [0.2, 0.25) is 0 Å². The fourth-order valence-corrected chi connectivity index (χ4v) is 2.35. The van der Waals surface area contributed by atoms with Crippen molar-refractivity contribution in [1.29, 1.82) is 0 Å². The third kappa shape index (κ3) is 2.54. The third-order valence-electron chi connectivity index (χ3n) is 3.64. The fourth-order valence-electron chi connectivity index (χ4n) is 2.35. The minimum atomic E-state index is -1.74. The van der Waals surface area contributed by atoms with E-state index < -0.39 is 30.6 Å². The van der Waals surface area contributed by atoms with Crippen LogP contribution in [-0.2, 0) is 9.47 Å². The van der Waals surface area contributed by atoms with Gasteiger partial charge in [-0.3, -0.25) is 4.57 Å². The second-order valence-electron chi connectivity index (χ2n) is 5.16. The Labute approximate surface area is 130 Å². The number of fused-ring (bicyclic) bond motifs is 1. The van der Waals surface area contributed by atoms with Crippen molar-refractivity contribution >= 4 is 23.1 Å². The van der Waals surface area contributed by atoms with E-state index in [2.05, 4.69) is 20.3 Å². The number of nitrogens with one attached hydrogen (secondary N) is 1. The van der Waals surface area contributed by atoms with Crippen molar-refractivity contribution in [2.24, 2.45) is 0 Å². The summed E-state index contributed by atoms with van der Waals surface area (Å²) in [6.45, 7) is -0.649. The maximum absolute atomic E-state index is 11.1. The molecule has 3 atom stereocenters. The van der Waals surface area contributed by atoms with Crippen LogP contribution in [0.4, 0.5) is 10.6 Å². The highest BCUT2D eigenvalue weighted by Gasteiger charge is 2.50. The van der Waals surface area contributed by atoms with Gasteiger partial charge >= 0.3 is 6.09 Å². The fraction of sp³-hybridized carbons (Fsp3) is 0.500. The molecule has 5 N–H and O–H groups in total. The summed E-state index contributed by atoms with van der Waals surface area (Å²) >= 11 is 0. The Bertz CT molecular complexity index is 736. The molecule has 0 aromatic carbocycles. The Morgan fingerprint density at radius 2 is 2.39 bits per heavy atom. The maximum atomic E-state index is 11.1. The second-order valence-corrected chi connectivity index (χ2v) is 5.16. The molecule has 1 aliphatic rings. The SMILES string of the molecule is CNC(=O)OC[C@@]1(O)CO[C@@H](n2cnc3c(N)ncnc32)[C@@H]1O. The zero-order valence-electron chi connectivity index (χ0n) is 12.2. The van der Waals surface area contributed by atoms with Crippen molar-refractivity contribution in [2.75, 3.05) is 26.0 Å². The van der Waals surface area contributed by atoms with Crippen molar-refractivity contribution in [3.8, 4) is 0 Å². The number of nitrogen functional groups attached to an aromatic ring is 1. The van der Waals surface area contributed by atoms with Gasteiger partial charge in [0.05, 0.1) is 12.9 Å². The number of anilines is 1. The molecule has 0 spiro atoms. The highest BCUT2D eigenvalue weighted by Crippen LogP contribution is 2.34. The molecule has 3 heterocycles. The molecular weight excluding hydrogens is 308 g/mol. The summed E-state index contributed by atoms with van der Waals surface area (Å²) in [5, 5.41) is 23.1. The van der Waals surface area contributed by atoms with Crippen LogP contribution in [0.25, 0.3) is 11.2 Å². The van der Waals surface area contributed by atoms with E-state index in [0.29, 0.717) is 11.2 Å². The predicted molar refractivity (Wildman–Crippen MR) is 76.1 cm³/mol. The standard InChI is InChI=1S/C12H16N6O5/c1-14-11(20)23-3-12(21)2-22-10(7(12)19)18-5-17-6-8(13)15-4-16-9(6)18/h4-5,7,10,19,21H,2-3H2,1H3,(H,14,20)(H2,13,15,16)/t7-,10+,12-/m0/s1. The number of aliphatic hydroxyl groups is 2. The van der Waals surface area contributed by atoms with Gasteiger partial charge in [0.2, 0.25) is 0 Å². The summed E-state index contributed by atoms with van der Waals surface area (Å²) in [7, 11) is 1.39. The van der Waals surface area contributed by atoms with E-state index in [9.17, 15) is 15.0 Å². The molecule has 0 radical (unpaired) electrons. The molecule has 11 heteroatoms. The van der Waals surface area contributed by atoms with Crippen molar-refractivity contribution in [2.45, 2.75) is 17.9 Å². The molecular formula is C12H16N6O5. The van der Waals surface area contributed by atoms with Crippen LogP contribution in [0.15, 0.2) is 12.7 Å². The lowest BCUT2D eigenvalue weighted by molar-refractivity contribution is -0.0891. The largest absolute Gasteiger partial charge is 0.446 e. The molecule has 0 saturated carbocycles. The Hall–Kier alpha value is -2.50. The number of aliphatic hydroxyl groups excluding tert-OH is 1. The normalized spacial score (nSPS) is 27.3. The van der Waals surface area contributed by atoms with E-state index in [-0.39, 0.29) is 12.4 Å². The zero-order chi connectivity index (χ0) is 16.6. The quantitative estimate of drug-likeness (QED) is 0.521. The number of hydrogen-bond acceptors (Lipinski definition) is 9. The van der Waals surface area contributed by atoms with Gasteiger partial charge in [-0.15, -0.1) is 0 Å². The average molecular weight is 324 g/mol. The van der Waals surface area contributed by atoms with Crippen molar-refractivity contribution in [1.82, 2.24) is 24.8 Å². The summed E-state index contributed by atoms with van der Waals surface area (Å²) in [6.07, 6.45) is -0.386. The molecule has 2 aromatic heterocycles. The summed E-state index contributed by atoms with van der Waals surface area (Å²) in [5.41, 5.74) is 4.69. The number of hydrogen-bond donors (Lipinski definition) is 4. The first-order valence-corrected chi connectivity index (χ1v) is 6.76. The molecule has 2 aromatic rings. The first kappa shape index (κ1) is 15.4. The first-order chi connectivity index (χ1) is 11.0. The Morgan fingerprint density at radius 1 is 1.61 bits per heavy atom. The number of aromatic nitrogens is 4. The Morgan fingerprint density at radius 3 is 3.13 bits per heavy atom. The van der Waals surface area contributed by atoms with Crippen LogP contribution in [-0.4, -0.2) is 67.8 Å². The van der Waals surface area contributed by atoms with Gasteiger partial charge in [-0.2, -0.15) is 0 Å². The number of carbonyl (C=O) groups is 1. The third-order valence-corrected chi connectivity index (χ3v) is 3.64. The molecule has 1 saturated heterocycles. The van der Waals surface area contributed by atoms with Gasteiger partial charge in [0.25, 0.3) is 0 Å². The number of alkyl carbamates (subject to hydrolysis) is 1. The van der Waals surface area contributed by atoms with Gasteiger partial charge in [0.1, 0.15) is 24.6 Å². The molecule has 0 unspecified atom stereocenters. The first-order valence-electron chi connectivity index (χ1n) is 6.76.